The lowest BCUT2D eigenvalue weighted by Gasteiger charge is -2.42. The van der Waals surface area contributed by atoms with Crippen molar-refractivity contribution in [1.82, 2.24) is 30.9 Å². The molecule has 0 aromatic heterocycles. The van der Waals surface area contributed by atoms with E-state index in [0.717, 1.165) is 69.3 Å². The minimum atomic E-state index is -0.0948. The van der Waals surface area contributed by atoms with E-state index in [9.17, 15) is 9.59 Å². The Bertz CT molecular complexity index is 1000. The molecule has 11 atom stereocenters. The summed E-state index contributed by atoms with van der Waals surface area (Å²) in [5, 5.41) is 16.4. The number of morpholine rings is 1. The molecular formula is C27H43N7O3S3. The van der Waals surface area contributed by atoms with Gasteiger partial charge in [0.15, 0.2) is 5.78 Å². The first-order chi connectivity index (χ1) is 19.5. The monoisotopic (exact) mass is 609 g/mol. The molecule has 222 valence electrons. The first-order valence-electron chi connectivity index (χ1n) is 15.1. The van der Waals surface area contributed by atoms with Crippen molar-refractivity contribution in [3.05, 3.63) is 11.1 Å². The van der Waals surface area contributed by atoms with Gasteiger partial charge in [0.1, 0.15) is 0 Å². The average molecular weight is 610 g/mol. The molecule has 10 nitrogen and oxygen atoms in total. The highest BCUT2D eigenvalue weighted by molar-refractivity contribution is 8.07. The molecular weight excluding hydrogens is 567 g/mol. The van der Waals surface area contributed by atoms with E-state index < -0.39 is 0 Å². The van der Waals surface area contributed by atoms with E-state index in [1.165, 1.54) is 12.8 Å². The summed E-state index contributed by atoms with van der Waals surface area (Å²) in [6, 6.07) is 0.533. The lowest BCUT2D eigenvalue weighted by molar-refractivity contribution is -0.125. The Morgan fingerprint density at radius 2 is 1.93 bits per heavy atom. The molecule has 7 N–H and O–H groups in total. The summed E-state index contributed by atoms with van der Waals surface area (Å²) in [5.41, 5.74) is 6.45. The number of carbonyl (C=O) groups excluding carboxylic acids is 2. The molecule has 0 radical (unpaired) electrons. The molecule has 9 unspecified atom stereocenters. The predicted octanol–water partition coefficient (Wildman–Crippen LogP) is 0.369. The van der Waals surface area contributed by atoms with E-state index in [2.05, 4.69) is 30.9 Å². The number of ketones is 1. The van der Waals surface area contributed by atoms with Gasteiger partial charge < -0.3 is 20.7 Å². The lowest BCUT2D eigenvalue weighted by Crippen LogP contribution is -2.67. The van der Waals surface area contributed by atoms with E-state index in [0.29, 0.717) is 28.4 Å². The number of amides is 1. The highest BCUT2D eigenvalue weighted by Gasteiger charge is 2.51. The van der Waals surface area contributed by atoms with Crippen LogP contribution in [0.1, 0.15) is 38.5 Å². The van der Waals surface area contributed by atoms with E-state index in [1.807, 2.05) is 41.5 Å². The lowest BCUT2D eigenvalue weighted by atomic mass is 9.83. The van der Waals surface area contributed by atoms with Gasteiger partial charge in [-0.1, -0.05) is 24.8 Å². The fraction of sp³-hybridized carbons (Fsp3) is 0.852. The highest BCUT2D eigenvalue weighted by Crippen LogP contribution is 2.51. The van der Waals surface area contributed by atoms with Gasteiger partial charge in [-0.15, -0.1) is 23.5 Å². The number of nitrogens with zero attached hydrogens (tertiary/aromatic N) is 1. The normalized spacial score (nSPS) is 45.7. The van der Waals surface area contributed by atoms with Gasteiger partial charge in [0.25, 0.3) is 0 Å². The molecule has 1 amide bonds. The predicted molar refractivity (Wildman–Crippen MR) is 161 cm³/mol. The van der Waals surface area contributed by atoms with Crippen LogP contribution in [0.25, 0.3) is 0 Å². The van der Waals surface area contributed by atoms with Gasteiger partial charge in [-0.05, 0) is 43.3 Å². The summed E-state index contributed by atoms with van der Waals surface area (Å²) in [4.78, 5) is 28.3. The summed E-state index contributed by atoms with van der Waals surface area (Å²) >= 11 is 5.58. The molecule has 7 rings (SSSR count). The van der Waals surface area contributed by atoms with Crippen LogP contribution >= 0.6 is 35.5 Å². The fourth-order valence-electron chi connectivity index (χ4n) is 7.68. The zero-order chi connectivity index (χ0) is 27.2. The summed E-state index contributed by atoms with van der Waals surface area (Å²) in [5.74, 6) is 2.16. The van der Waals surface area contributed by atoms with Crippen LogP contribution in [0, 0.1) is 17.8 Å². The SMILES string of the molecule is N[C@@H]1CCCC[C@@H]1NC1CC2CNC(=O)C2C(NC2CC(C3CSC4C(=O)C=C(N5CCOCC5)SC43)SN2)N1. The van der Waals surface area contributed by atoms with Crippen molar-refractivity contribution < 1.29 is 14.3 Å². The number of allylic oxidation sites excluding steroid dienone is 1. The Morgan fingerprint density at radius 1 is 1.07 bits per heavy atom. The second-order valence-electron chi connectivity index (χ2n) is 12.4. The van der Waals surface area contributed by atoms with Gasteiger partial charge in [-0.2, -0.15) is 0 Å². The van der Waals surface area contributed by atoms with Crippen molar-refractivity contribution in [2.45, 2.75) is 84.9 Å². The van der Waals surface area contributed by atoms with Crippen molar-refractivity contribution >= 4 is 47.2 Å². The maximum atomic E-state index is 13.1. The van der Waals surface area contributed by atoms with Gasteiger partial charge in [-0.3, -0.25) is 25.5 Å². The number of piperidine rings is 1. The highest BCUT2D eigenvalue weighted by atomic mass is 32.2. The molecule has 6 fully saturated rings. The molecule has 6 aliphatic heterocycles. The number of rotatable bonds is 6. The van der Waals surface area contributed by atoms with Crippen LogP contribution in [-0.4, -0.2) is 102 Å². The third-order valence-corrected chi connectivity index (χ3v) is 14.3. The molecule has 40 heavy (non-hydrogen) atoms. The van der Waals surface area contributed by atoms with Crippen LogP contribution in [0.5, 0.6) is 0 Å². The maximum Gasteiger partial charge on any atom is 0.226 e. The Balaban J connectivity index is 0.985. The number of thioether (sulfide) groups is 2. The van der Waals surface area contributed by atoms with Gasteiger partial charge in [-0.25, -0.2) is 4.72 Å². The Hall–Kier alpha value is -0.510. The minimum absolute atomic E-state index is 0.0633. The van der Waals surface area contributed by atoms with Gasteiger partial charge in [0.05, 0.1) is 47.9 Å². The Labute approximate surface area is 249 Å². The maximum absolute atomic E-state index is 13.1. The Kier molecular flexibility index (Phi) is 8.65. The Morgan fingerprint density at radius 3 is 2.77 bits per heavy atom. The second-order valence-corrected chi connectivity index (χ2v) is 15.8. The van der Waals surface area contributed by atoms with Crippen LogP contribution < -0.4 is 31.7 Å². The number of fused-ring (bicyclic) bond motifs is 2. The molecule has 5 saturated heterocycles. The summed E-state index contributed by atoms with van der Waals surface area (Å²) in [6.45, 7) is 3.93. The third-order valence-electron chi connectivity index (χ3n) is 9.86. The van der Waals surface area contributed by atoms with E-state index in [4.69, 9.17) is 10.5 Å². The van der Waals surface area contributed by atoms with Gasteiger partial charge in [0.2, 0.25) is 5.91 Å². The zero-order valence-electron chi connectivity index (χ0n) is 22.9. The standard InChI is InChI=1S/C27H43N7O3S3/c28-16-3-1-2-4-17(16)30-20-9-14-12-29-27(36)23(14)26(31-20)32-21-11-19(40-33-21)15-13-38-25-18(35)10-22(39-24(15)25)34-5-7-37-8-6-34/h10,14-17,19-21,23-26,30-33H,1-9,11-13,28H2,(H,29,36)/t14?,15?,16-,17+,19?,20?,21?,23?,24?,25?,26?/m1/s1. The quantitative estimate of drug-likeness (QED) is 0.233. The van der Waals surface area contributed by atoms with Crippen LogP contribution in [0.2, 0.25) is 0 Å². The number of hydrogen-bond donors (Lipinski definition) is 6. The summed E-state index contributed by atoms with van der Waals surface area (Å²) < 4.78 is 9.20. The molecule has 0 aromatic carbocycles. The van der Waals surface area contributed by atoms with Crippen molar-refractivity contribution in [2.75, 3.05) is 38.6 Å². The molecule has 0 bridgehead atoms. The van der Waals surface area contributed by atoms with Crippen LogP contribution in [-0.2, 0) is 14.3 Å². The average Bonchev–Trinajstić information content (AvgIpc) is 3.69. The zero-order valence-corrected chi connectivity index (χ0v) is 25.3. The molecule has 6 heterocycles. The molecule has 13 heteroatoms. The van der Waals surface area contributed by atoms with Crippen LogP contribution in [0.4, 0.5) is 0 Å². The molecule has 7 aliphatic rings. The molecule has 1 aliphatic carbocycles. The van der Waals surface area contributed by atoms with Crippen molar-refractivity contribution in [1.29, 1.82) is 0 Å². The number of nitrogens with one attached hydrogen (secondary N) is 5. The third kappa shape index (κ3) is 5.71. The van der Waals surface area contributed by atoms with Crippen molar-refractivity contribution in [3.8, 4) is 0 Å². The second kappa shape index (κ2) is 12.2. The van der Waals surface area contributed by atoms with Crippen molar-refractivity contribution in [2.24, 2.45) is 23.5 Å². The number of ether oxygens (including phenoxy) is 1. The largest absolute Gasteiger partial charge is 0.378 e. The van der Waals surface area contributed by atoms with Crippen LogP contribution in [0.3, 0.4) is 0 Å². The summed E-state index contributed by atoms with van der Waals surface area (Å²) in [6.07, 6.45) is 8.61. The number of carbonyl (C=O) groups is 2. The number of nitrogens with two attached hydrogens (primary N) is 1. The van der Waals surface area contributed by atoms with Crippen molar-refractivity contribution in [3.63, 3.8) is 0 Å². The van der Waals surface area contributed by atoms with Gasteiger partial charge in [0, 0.05) is 48.3 Å². The minimum Gasteiger partial charge on any atom is -0.378 e. The van der Waals surface area contributed by atoms with Crippen LogP contribution in [0.15, 0.2) is 11.1 Å². The number of hydrogen-bond acceptors (Lipinski definition) is 12. The van der Waals surface area contributed by atoms with E-state index in [1.54, 1.807) is 0 Å². The van der Waals surface area contributed by atoms with Gasteiger partial charge >= 0.3 is 0 Å². The molecule has 1 saturated carbocycles. The van der Waals surface area contributed by atoms with E-state index in [-0.39, 0.29) is 47.4 Å². The first-order valence-corrected chi connectivity index (χ1v) is 17.9. The topological polar surface area (TPSA) is 133 Å². The first kappa shape index (κ1) is 28.3. The van der Waals surface area contributed by atoms with E-state index >= 15 is 0 Å². The summed E-state index contributed by atoms with van der Waals surface area (Å²) in [7, 11) is 0. The fourth-order valence-corrected chi connectivity index (χ4v) is 12.7. The molecule has 0 spiro atoms. The molecule has 0 aromatic rings. The smallest absolute Gasteiger partial charge is 0.226 e.